The second-order valence-electron chi connectivity index (χ2n) is 7.18. The molecule has 0 unspecified atom stereocenters. The molecule has 5 aromatic rings. The maximum Gasteiger partial charge on any atom is 0.270 e. The van der Waals surface area contributed by atoms with Gasteiger partial charge in [0, 0.05) is 0 Å². The SMILES string of the molecule is COc1ccc(/C=N/Nc2nc3c(cnn3-c3ccccc3)c(=O)n2-c2ccccc2)cc1. The molecule has 0 aliphatic heterocycles. The Morgan fingerprint density at radius 1 is 0.909 bits per heavy atom. The summed E-state index contributed by atoms with van der Waals surface area (Å²) in [6.07, 6.45) is 3.20. The van der Waals surface area contributed by atoms with Crippen molar-refractivity contribution in [3.63, 3.8) is 0 Å². The van der Waals surface area contributed by atoms with Gasteiger partial charge in [0.15, 0.2) is 5.65 Å². The molecule has 33 heavy (non-hydrogen) atoms. The van der Waals surface area contributed by atoms with E-state index in [1.54, 1.807) is 24.2 Å². The minimum absolute atomic E-state index is 0.240. The standard InChI is InChI=1S/C25H20N6O2/c1-33-21-14-12-18(13-15-21)16-26-29-25-28-23-22(17-27-31(23)20-10-6-3-7-11-20)24(32)30(25)19-8-4-2-5-9-19/h2-17H,1H3,(H,28,29)/b26-16+. The zero-order valence-corrected chi connectivity index (χ0v) is 17.8. The second kappa shape index (κ2) is 8.80. The van der Waals surface area contributed by atoms with Gasteiger partial charge in [0.2, 0.25) is 5.95 Å². The number of hydrogen-bond donors (Lipinski definition) is 1. The number of hydrogen-bond acceptors (Lipinski definition) is 6. The highest BCUT2D eigenvalue weighted by Crippen LogP contribution is 2.19. The number of methoxy groups -OCH3 is 1. The van der Waals surface area contributed by atoms with Crippen molar-refractivity contribution in [2.24, 2.45) is 5.10 Å². The molecule has 0 atom stereocenters. The molecule has 3 aromatic carbocycles. The zero-order chi connectivity index (χ0) is 22.6. The van der Waals surface area contributed by atoms with Crippen LogP contribution in [0.4, 0.5) is 5.95 Å². The molecule has 5 rings (SSSR count). The molecule has 0 fully saturated rings. The number of ether oxygens (including phenoxy) is 1. The van der Waals surface area contributed by atoms with Crippen LogP contribution in [0.3, 0.4) is 0 Å². The van der Waals surface area contributed by atoms with Gasteiger partial charge in [0.25, 0.3) is 5.56 Å². The lowest BCUT2D eigenvalue weighted by atomic mass is 10.2. The van der Waals surface area contributed by atoms with Crippen LogP contribution in [0.5, 0.6) is 5.75 Å². The fraction of sp³-hybridized carbons (Fsp3) is 0.0400. The molecule has 0 aliphatic carbocycles. The Bertz CT molecular complexity index is 1470. The Kier molecular flexibility index (Phi) is 5.38. The van der Waals surface area contributed by atoms with E-state index >= 15 is 0 Å². The summed E-state index contributed by atoms with van der Waals surface area (Å²) in [7, 11) is 1.62. The van der Waals surface area contributed by atoms with Crippen molar-refractivity contribution in [1.82, 2.24) is 19.3 Å². The number of nitrogens with one attached hydrogen (secondary N) is 1. The number of aromatic nitrogens is 4. The third-order valence-electron chi connectivity index (χ3n) is 5.11. The summed E-state index contributed by atoms with van der Waals surface area (Å²) >= 11 is 0. The van der Waals surface area contributed by atoms with Crippen LogP contribution in [0, 0.1) is 0 Å². The minimum Gasteiger partial charge on any atom is -0.497 e. The van der Waals surface area contributed by atoms with Crippen LogP contribution in [-0.4, -0.2) is 32.7 Å². The monoisotopic (exact) mass is 436 g/mol. The van der Waals surface area contributed by atoms with E-state index in [1.165, 1.54) is 4.57 Å². The first kappa shape index (κ1) is 20.2. The average Bonchev–Trinajstić information content (AvgIpc) is 3.30. The second-order valence-corrected chi connectivity index (χ2v) is 7.18. The Balaban J connectivity index is 1.61. The molecule has 0 saturated carbocycles. The van der Waals surface area contributed by atoms with Crippen molar-refractivity contribution in [1.29, 1.82) is 0 Å². The maximum absolute atomic E-state index is 13.5. The fourth-order valence-electron chi connectivity index (χ4n) is 3.47. The lowest BCUT2D eigenvalue weighted by Gasteiger charge is -2.12. The van der Waals surface area contributed by atoms with Gasteiger partial charge >= 0.3 is 0 Å². The predicted octanol–water partition coefficient (Wildman–Crippen LogP) is 4.03. The highest BCUT2D eigenvalue weighted by Gasteiger charge is 2.17. The van der Waals surface area contributed by atoms with Gasteiger partial charge in [0.05, 0.1) is 30.9 Å². The molecule has 8 heteroatoms. The molecule has 0 aliphatic rings. The number of fused-ring (bicyclic) bond motifs is 1. The van der Waals surface area contributed by atoms with E-state index in [2.05, 4.69) is 15.6 Å². The van der Waals surface area contributed by atoms with Crippen molar-refractivity contribution in [2.45, 2.75) is 0 Å². The van der Waals surface area contributed by atoms with E-state index in [0.29, 0.717) is 16.7 Å². The van der Waals surface area contributed by atoms with Crippen LogP contribution >= 0.6 is 0 Å². The van der Waals surface area contributed by atoms with Crippen LogP contribution in [0.1, 0.15) is 5.56 Å². The Hall–Kier alpha value is -4.72. The number of rotatable bonds is 6. The van der Waals surface area contributed by atoms with E-state index in [-0.39, 0.29) is 11.5 Å². The normalized spacial score (nSPS) is 11.2. The third-order valence-corrected chi connectivity index (χ3v) is 5.11. The molecule has 0 bridgehead atoms. The largest absolute Gasteiger partial charge is 0.497 e. The number of benzene rings is 3. The number of anilines is 1. The minimum atomic E-state index is -0.240. The van der Waals surface area contributed by atoms with Crippen LogP contribution < -0.4 is 15.7 Å². The van der Waals surface area contributed by atoms with Crippen molar-refractivity contribution >= 4 is 23.2 Å². The molecule has 162 valence electrons. The Labute approximate surface area is 189 Å². The highest BCUT2D eigenvalue weighted by molar-refractivity contribution is 5.81. The Morgan fingerprint density at radius 3 is 2.24 bits per heavy atom. The van der Waals surface area contributed by atoms with Gasteiger partial charge < -0.3 is 4.74 Å². The molecule has 0 radical (unpaired) electrons. The molecule has 2 aromatic heterocycles. The third kappa shape index (κ3) is 3.97. The first-order chi connectivity index (χ1) is 16.2. The summed E-state index contributed by atoms with van der Waals surface area (Å²) in [5.41, 5.74) is 5.49. The highest BCUT2D eigenvalue weighted by atomic mass is 16.5. The van der Waals surface area contributed by atoms with Crippen LogP contribution in [0.25, 0.3) is 22.4 Å². The first-order valence-electron chi connectivity index (χ1n) is 10.3. The Morgan fingerprint density at radius 2 is 1.58 bits per heavy atom. The van der Waals surface area contributed by atoms with Crippen LogP contribution in [0.15, 0.2) is 101 Å². The van der Waals surface area contributed by atoms with Gasteiger partial charge in [-0.25, -0.2) is 14.7 Å². The smallest absolute Gasteiger partial charge is 0.270 e. The van der Waals surface area contributed by atoms with Gasteiger partial charge in [-0.15, -0.1) is 0 Å². The summed E-state index contributed by atoms with van der Waals surface area (Å²) in [5.74, 6) is 1.04. The molecular formula is C25H20N6O2. The van der Waals surface area contributed by atoms with Crippen LogP contribution in [0.2, 0.25) is 0 Å². The molecule has 8 nitrogen and oxygen atoms in total. The van der Waals surface area contributed by atoms with Gasteiger partial charge in [0.1, 0.15) is 11.1 Å². The summed E-state index contributed by atoms with van der Waals surface area (Å²) in [6.45, 7) is 0. The van der Waals surface area contributed by atoms with Gasteiger partial charge in [-0.05, 0) is 54.1 Å². The van der Waals surface area contributed by atoms with Gasteiger partial charge in [-0.1, -0.05) is 36.4 Å². The van der Waals surface area contributed by atoms with Gasteiger partial charge in [-0.2, -0.15) is 15.2 Å². The van der Waals surface area contributed by atoms with E-state index < -0.39 is 0 Å². The molecule has 1 N–H and O–H groups in total. The predicted molar refractivity (Wildman–Crippen MR) is 129 cm³/mol. The fourth-order valence-corrected chi connectivity index (χ4v) is 3.47. The lowest BCUT2D eigenvalue weighted by Crippen LogP contribution is -2.22. The summed E-state index contributed by atoms with van der Waals surface area (Å²) < 4.78 is 8.32. The zero-order valence-electron chi connectivity index (χ0n) is 17.8. The summed E-state index contributed by atoms with van der Waals surface area (Å²) in [4.78, 5) is 18.2. The molecule has 0 spiro atoms. The number of nitrogens with zero attached hydrogens (tertiary/aromatic N) is 5. The average molecular weight is 436 g/mol. The van der Waals surface area contributed by atoms with Crippen molar-refractivity contribution in [3.05, 3.63) is 107 Å². The molecule has 0 saturated heterocycles. The van der Waals surface area contributed by atoms with Crippen molar-refractivity contribution in [3.8, 4) is 17.1 Å². The van der Waals surface area contributed by atoms with Gasteiger partial charge in [-0.3, -0.25) is 4.79 Å². The first-order valence-corrected chi connectivity index (χ1v) is 10.3. The summed E-state index contributed by atoms with van der Waals surface area (Å²) in [6, 6.07) is 26.3. The molecular weight excluding hydrogens is 416 g/mol. The van der Waals surface area contributed by atoms with Crippen molar-refractivity contribution < 1.29 is 4.74 Å². The van der Waals surface area contributed by atoms with E-state index in [0.717, 1.165) is 17.0 Å². The molecule has 0 amide bonds. The maximum atomic E-state index is 13.5. The number of para-hydroxylation sites is 2. The number of hydrazone groups is 1. The van der Waals surface area contributed by atoms with Crippen molar-refractivity contribution in [2.75, 3.05) is 12.5 Å². The summed E-state index contributed by atoms with van der Waals surface area (Å²) in [5, 5.41) is 9.14. The lowest BCUT2D eigenvalue weighted by molar-refractivity contribution is 0.415. The molecule has 2 heterocycles. The van der Waals surface area contributed by atoms with E-state index in [1.807, 2.05) is 84.9 Å². The quantitative estimate of drug-likeness (QED) is 0.321. The van der Waals surface area contributed by atoms with E-state index in [9.17, 15) is 4.79 Å². The van der Waals surface area contributed by atoms with Crippen LogP contribution in [-0.2, 0) is 0 Å². The van der Waals surface area contributed by atoms with E-state index in [4.69, 9.17) is 9.72 Å². The topological polar surface area (TPSA) is 86.3 Å².